The van der Waals surface area contributed by atoms with Crippen LogP contribution in [0.4, 0.5) is 0 Å². The molecule has 1 atom stereocenters. The maximum absolute atomic E-state index is 12.5. The van der Waals surface area contributed by atoms with Crippen molar-refractivity contribution in [3.8, 4) is 0 Å². The Balaban J connectivity index is 0.00000161. The van der Waals surface area contributed by atoms with Crippen LogP contribution < -0.4 is 5.32 Å². The third-order valence-corrected chi connectivity index (χ3v) is 6.65. The highest BCUT2D eigenvalue weighted by molar-refractivity contribution is 7.86. The highest BCUT2D eigenvalue weighted by atomic mass is 35.5. The van der Waals surface area contributed by atoms with Crippen LogP contribution in [0.1, 0.15) is 19.3 Å². The van der Waals surface area contributed by atoms with Crippen LogP contribution in [0.2, 0.25) is 0 Å². The Morgan fingerprint density at radius 1 is 1.14 bits per heavy atom. The number of nitrogens with zero attached hydrogens (tertiary/aromatic N) is 3. The number of halogens is 1. The van der Waals surface area contributed by atoms with Crippen molar-refractivity contribution in [2.75, 3.05) is 52.9 Å². The zero-order valence-corrected chi connectivity index (χ0v) is 14.3. The topological polar surface area (TPSA) is 55.9 Å². The Morgan fingerprint density at radius 2 is 1.81 bits per heavy atom. The molecule has 21 heavy (non-hydrogen) atoms. The summed E-state index contributed by atoms with van der Waals surface area (Å²) in [4.78, 5) is 2.44. The van der Waals surface area contributed by atoms with Crippen molar-refractivity contribution in [1.82, 2.24) is 18.8 Å². The summed E-state index contributed by atoms with van der Waals surface area (Å²) < 4.78 is 28.3. The lowest BCUT2D eigenvalue weighted by Crippen LogP contribution is -2.50. The summed E-state index contributed by atoms with van der Waals surface area (Å²) >= 11 is 0. The van der Waals surface area contributed by atoms with Gasteiger partial charge in [-0.1, -0.05) is 0 Å². The van der Waals surface area contributed by atoms with E-state index in [9.17, 15) is 8.42 Å². The van der Waals surface area contributed by atoms with Gasteiger partial charge in [0.1, 0.15) is 0 Å². The molecule has 2 heterocycles. The minimum absolute atomic E-state index is 0. The van der Waals surface area contributed by atoms with Gasteiger partial charge in [-0.05, 0) is 25.2 Å². The van der Waals surface area contributed by atoms with Crippen LogP contribution in [0.5, 0.6) is 0 Å². The van der Waals surface area contributed by atoms with Crippen LogP contribution in [-0.2, 0) is 10.2 Å². The van der Waals surface area contributed by atoms with E-state index in [4.69, 9.17) is 0 Å². The fraction of sp³-hybridized carbons (Fsp3) is 1.00. The number of rotatable bonds is 5. The summed E-state index contributed by atoms with van der Waals surface area (Å²) in [7, 11) is -1.51. The maximum Gasteiger partial charge on any atom is 0.281 e. The first-order valence-corrected chi connectivity index (χ1v) is 9.13. The van der Waals surface area contributed by atoms with Gasteiger partial charge in [-0.2, -0.15) is 17.0 Å². The first kappa shape index (κ1) is 17.4. The standard InChI is InChI=1S/C13H26N4O2S.ClH/c1-15(10-12-2-3-12)20(18,19)17-7-4-13(11-17)16-8-5-14-6-9-16;/h12-14H,2-11H2,1H3;1H. The van der Waals surface area contributed by atoms with Crippen molar-refractivity contribution >= 4 is 22.6 Å². The van der Waals surface area contributed by atoms with Crippen LogP contribution in [-0.4, -0.2) is 80.8 Å². The highest BCUT2D eigenvalue weighted by Crippen LogP contribution is 2.31. The van der Waals surface area contributed by atoms with Crippen molar-refractivity contribution in [3.05, 3.63) is 0 Å². The predicted octanol–water partition coefficient (Wildman–Crippen LogP) is -0.0257. The molecule has 2 aliphatic heterocycles. The van der Waals surface area contributed by atoms with Gasteiger partial charge in [0.25, 0.3) is 10.2 Å². The van der Waals surface area contributed by atoms with Gasteiger partial charge in [-0.15, -0.1) is 12.4 Å². The lowest BCUT2D eigenvalue weighted by molar-refractivity contribution is 0.179. The molecule has 124 valence electrons. The van der Waals surface area contributed by atoms with Gasteiger partial charge in [-0.3, -0.25) is 4.90 Å². The number of nitrogens with one attached hydrogen (secondary N) is 1. The molecule has 3 rings (SSSR count). The molecule has 2 saturated heterocycles. The van der Waals surface area contributed by atoms with E-state index in [1.807, 2.05) is 0 Å². The van der Waals surface area contributed by atoms with Crippen LogP contribution in [0.3, 0.4) is 0 Å². The lowest BCUT2D eigenvalue weighted by atomic mass is 10.2. The quantitative estimate of drug-likeness (QED) is 0.765. The Kier molecular flexibility index (Phi) is 5.90. The van der Waals surface area contributed by atoms with Gasteiger partial charge in [0, 0.05) is 58.9 Å². The summed E-state index contributed by atoms with van der Waals surface area (Å²) in [5, 5.41) is 3.34. The zero-order chi connectivity index (χ0) is 14.2. The lowest BCUT2D eigenvalue weighted by Gasteiger charge is -2.32. The Labute approximate surface area is 134 Å². The molecule has 0 spiro atoms. The smallest absolute Gasteiger partial charge is 0.281 e. The van der Waals surface area contributed by atoms with E-state index in [2.05, 4.69) is 10.2 Å². The summed E-state index contributed by atoms with van der Waals surface area (Å²) in [5.74, 6) is 0.598. The first-order valence-electron chi connectivity index (χ1n) is 7.73. The van der Waals surface area contributed by atoms with E-state index < -0.39 is 10.2 Å². The molecule has 1 N–H and O–H groups in total. The van der Waals surface area contributed by atoms with Gasteiger partial charge in [0.15, 0.2) is 0 Å². The fourth-order valence-corrected chi connectivity index (χ4v) is 4.71. The van der Waals surface area contributed by atoms with Crippen molar-refractivity contribution < 1.29 is 8.42 Å². The van der Waals surface area contributed by atoms with Crippen molar-refractivity contribution in [2.45, 2.75) is 25.3 Å². The average Bonchev–Trinajstić information content (AvgIpc) is 3.11. The molecule has 0 radical (unpaired) electrons. The minimum Gasteiger partial charge on any atom is -0.314 e. The third kappa shape index (κ3) is 4.09. The Hall–Kier alpha value is 0.0800. The molecule has 3 fully saturated rings. The molecule has 0 bridgehead atoms. The molecule has 8 heteroatoms. The summed E-state index contributed by atoms with van der Waals surface area (Å²) in [5.41, 5.74) is 0. The molecule has 0 aromatic carbocycles. The van der Waals surface area contributed by atoms with Gasteiger partial charge in [0.05, 0.1) is 0 Å². The van der Waals surface area contributed by atoms with E-state index in [1.54, 1.807) is 15.7 Å². The minimum atomic E-state index is -3.24. The van der Waals surface area contributed by atoms with E-state index in [0.29, 0.717) is 31.6 Å². The molecule has 0 amide bonds. The van der Waals surface area contributed by atoms with Gasteiger partial charge in [-0.25, -0.2) is 0 Å². The van der Waals surface area contributed by atoms with Crippen molar-refractivity contribution in [1.29, 1.82) is 0 Å². The predicted molar refractivity (Wildman–Crippen MR) is 85.9 cm³/mol. The molecule has 0 aromatic rings. The van der Waals surface area contributed by atoms with E-state index in [1.165, 1.54) is 12.8 Å². The third-order valence-electron chi connectivity index (χ3n) is 4.73. The summed E-state index contributed by atoms with van der Waals surface area (Å²) in [6.07, 6.45) is 3.34. The van der Waals surface area contributed by atoms with E-state index in [-0.39, 0.29) is 12.4 Å². The first-order chi connectivity index (χ1) is 9.57. The second-order valence-electron chi connectivity index (χ2n) is 6.32. The average molecular weight is 339 g/mol. The van der Waals surface area contributed by atoms with Crippen molar-refractivity contribution in [2.24, 2.45) is 5.92 Å². The summed E-state index contributed by atoms with van der Waals surface area (Å²) in [6, 6.07) is 0.404. The van der Waals surface area contributed by atoms with Gasteiger partial charge < -0.3 is 5.32 Å². The highest BCUT2D eigenvalue weighted by Gasteiger charge is 2.38. The molecule has 3 aliphatic rings. The van der Waals surface area contributed by atoms with Crippen LogP contribution in [0, 0.1) is 5.92 Å². The summed E-state index contributed by atoms with van der Waals surface area (Å²) in [6.45, 7) is 6.14. The molecule has 1 aliphatic carbocycles. The Bertz CT molecular complexity index is 437. The van der Waals surface area contributed by atoms with Gasteiger partial charge in [0.2, 0.25) is 0 Å². The zero-order valence-electron chi connectivity index (χ0n) is 12.7. The molecule has 1 unspecified atom stereocenters. The largest absolute Gasteiger partial charge is 0.314 e. The van der Waals surface area contributed by atoms with Crippen LogP contribution in [0.25, 0.3) is 0 Å². The van der Waals surface area contributed by atoms with Crippen LogP contribution >= 0.6 is 12.4 Å². The Morgan fingerprint density at radius 3 is 2.43 bits per heavy atom. The van der Waals surface area contributed by atoms with E-state index >= 15 is 0 Å². The second-order valence-corrected chi connectivity index (χ2v) is 8.35. The van der Waals surface area contributed by atoms with Crippen LogP contribution in [0.15, 0.2) is 0 Å². The molecule has 6 nitrogen and oxygen atoms in total. The second kappa shape index (κ2) is 7.10. The molecule has 1 saturated carbocycles. The number of hydrogen-bond donors (Lipinski definition) is 1. The molecule has 0 aromatic heterocycles. The number of hydrogen-bond acceptors (Lipinski definition) is 4. The SMILES string of the molecule is CN(CC1CC1)S(=O)(=O)N1CCC(N2CCNCC2)C1.Cl. The molecular weight excluding hydrogens is 312 g/mol. The monoisotopic (exact) mass is 338 g/mol. The van der Waals surface area contributed by atoms with Gasteiger partial charge >= 0.3 is 0 Å². The normalized spacial score (nSPS) is 28.8. The fourth-order valence-electron chi connectivity index (χ4n) is 3.22. The van der Waals surface area contributed by atoms with Crippen molar-refractivity contribution in [3.63, 3.8) is 0 Å². The molecular formula is C13H27ClN4O2S. The maximum atomic E-state index is 12.5. The number of piperazine rings is 1. The van der Waals surface area contributed by atoms with E-state index in [0.717, 1.165) is 32.6 Å².